The van der Waals surface area contributed by atoms with E-state index in [9.17, 15) is 14.7 Å². The lowest BCUT2D eigenvalue weighted by Gasteiger charge is -2.36. The Morgan fingerprint density at radius 2 is 1.96 bits per heavy atom. The lowest BCUT2D eigenvalue weighted by Crippen LogP contribution is -2.41. The van der Waals surface area contributed by atoms with Crippen LogP contribution in [-0.4, -0.2) is 34.3 Å². The third-order valence-corrected chi connectivity index (χ3v) is 5.32. The molecule has 1 aromatic carbocycles. The van der Waals surface area contributed by atoms with Crippen molar-refractivity contribution >= 4 is 11.7 Å². The fraction of sp³-hybridized carbons (Fsp3) is 0.524. The molecule has 1 N–H and O–H groups in total. The summed E-state index contributed by atoms with van der Waals surface area (Å²) in [4.78, 5) is 27.2. The first-order valence-electron chi connectivity index (χ1n) is 9.60. The molecule has 1 saturated carbocycles. The van der Waals surface area contributed by atoms with E-state index >= 15 is 0 Å². The van der Waals surface area contributed by atoms with Crippen LogP contribution in [0, 0.1) is 0 Å². The van der Waals surface area contributed by atoms with Gasteiger partial charge in [0.15, 0.2) is 11.5 Å². The molecule has 5 nitrogen and oxygen atoms in total. The Balaban J connectivity index is 2.05. The number of carbonyl (C=O) groups is 2. The van der Waals surface area contributed by atoms with Crippen molar-refractivity contribution in [2.24, 2.45) is 0 Å². The van der Waals surface area contributed by atoms with Crippen molar-refractivity contribution in [3.8, 4) is 5.75 Å². The van der Waals surface area contributed by atoms with Crippen LogP contribution in [0.15, 0.2) is 35.6 Å². The number of hydrogen-bond acceptors (Lipinski definition) is 4. The van der Waals surface area contributed by atoms with Crippen molar-refractivity contribution in [2.45, 2.75) is 64.5 Å². The van der Waals surface area contributed by atoms with Crippen molar-refractivity contribution in [2.75, 3.05) is 6.61 Å². The molecule has 1 amide bonds. The number of Topliss-reactive ketones (excluding diaryl/α,β-unsaturated/α-hetero) is 1. The van der Waals surface area contributed by atoms with Crippen molar-refractivity contribution in [3.63, 3.8) is 0 Å². The van der Waals surface area contributed by atoms with Crippen molar-refractivity contribution in [3.05, 3.63) is 41.2 Å². The van der Waals surface area contributed by atoms with E-state index < -0.39 is 11.9 Å². The number of benzene rings is 1. The van der Waals surface area contributed by atoms with Gasteiger partial charge in [0.25, 0.3) is 5.91 Å². The normalized spacial score (nSPS) is 21.4. The molecule has 0 radical (unpaired) electrons. The Morgan fingerprint density at radius 1 is 1.23 bits per heavy atom. The van der Waals surface area contributed by atoms with Gasteiger partial charge in [0.05, 0.1) is 18.2 Å². The smallest absolute Gasteiger partial charge is 0.290 e. The molecule has 1 heterocycles. The Morgan fingerprint density at radius 3 is 2.62 bits per heavy atom. The monoisotopic (exact) mass is 357 g/mol. The fourth-order valence-corrected chi connectivity index (χ4v) is 4.10. The van der Waals surface area contributed by atoms with Crippen LogP contribution in [0.25, 0.3) is 0 Å². The Kier molecular flexibility index (Phi) is 5.64. The van der Waals surface area contributed by atoms with Gasteiger partial charge >= 0.3 is 0 Å². The van der Waals surface area contributed by atoms with Gasteiger partial charge in [0, 0.05) is 12.5 Å². The summed E-state index contributed by atoms with van der Waals surface area (Å²) in [6.07, 6.45) is 5.38. The highest BCUT2D eigenvalue weighted by molar-refractivity contribution is 6.09. The number of ketones is 1. The Labute approximate surface area is 154 Å². The van der Waals surface area contributed by atoms with Crippen molar-refractivity contribution in [1.82, 2.24) is 4.90 Å². The predicted molar refractivity (Wildman–Crippen MR) is 99.0 cm³/mol. The third-order valence-electron chi connectivity index (χ3n) is 5.32. The zero-order valence-electron chi connectivity index (χ0n) is 15.5. The highest BCUT2D eigenvalue weighted by Gasteiger charge is 2.46. The van der Waals surface area contributed by atoms with Gasteiger partial charge < -0.3 is 14.7 Å². The number of aliphatic hydroxyl groups excluding tert-OH is 1. The van der Waals surface area contributed by atoms with Gasteiger partial charge in [0.1, 0.15) is 5.75 Å². The summed E-state index contributed by atoms with van der Waals surface area (Å²) < 4.78 is 5.60. The van der Waals surface area contributed by atoms with Gasteiger partial charge in [0.2, 0.25) is 0 Å². The second kappa shape index (κ2) is 7.94. The number of amides is 1. The topological polar surface area (TPSA) is 66.8 Å². The summed E-state index contributed by atoms with van der Waals surface area (Å²) in [6.45, 7) is 4.21. The van der Waals surface area contributed by atoms with Gasteiger partial charge in [-0.05, 0) is 37.5 Å². The van der Waals surface area contributed by atoms with E-state index in [0.717, 1.165) is 31.2 Å². The molecule has 1 fully saturated rings. The lowest BCUT2D eigenvalue weighted by molar-refractivity contribution is -0.132. The maximum absolute atomic E-state index is 12.9. The molecule has 1 aliphatic heterocycles. The fourth-order valence-electron chi connectivity index (χ4n) is 4.10. The van der Waals surface area contributed by atoms with Crippen LogP contribution in [0.5, 0.6) is 5.75 Å². The van der Waals surface area contributed by atoms with E-state index in [0.29, 0.717) is 12.4 Å². The summed E-state index contributed by atoms with van der Waals surface area (Å²) in [5.74, 6) is -0.272. The highest BCUT2D eigenvalue weighted by Crippen LogP contribution is 2.42. The molecule has 2 aliphatic rings. The zero-order valence-corrected chi connectivity index (χ0v) is 15.5. The maximum Gasteiger partial charge on any atom is 0.290 e. The van der Waals surface area contributed by atoms with Gasteiger partial charge in [-0.25, -0.2) is 0 Å². The lowest BCUT2D eigenvalue weighted by atomic mass is 9.90. The van der Waals surface area contributed by atoms with E-state index in [1.54, 1.807) is 11.8 Å². The number of rotatable bonds is 6. The minimum absolute atomic E-state index is 0.0568. The summed E-state index contributed by atoms with van der Waals surface area (Å²) in [6, 6.07) is 7.03. The average Bonchev–Trinajstić information content (AvgIpc) is 2.93. The molecular weight excluding hydrogens is 330 g/mol. The van der Waals surface area contributed by atoms with Crippen LogP contribution >= 0.6 is 0 Å². The first kappa shape index (κ1) is 18.5. The first-order valence-corrected chi connectivity index (χ1v) is 9.60. The Hall–Kier alpha value is -2.30. The molecule has 1 atom stereocenters. The summed E-state index contributed by atoms with van der Waals surface area (Å²) >= 11 is 0. The van der Waals surface area contributed by atoms with Gasteiger partial charge in [-0.3, -0.25) is 9.59 Å². The van der Waals surface area contributed by atoms with Crippen molar-refractivity contribution < 1.29 is 19.4 Å². The number of ether oxygens (including phenoxy) is 1. The average molecular weight is 357 g/mol. The number of aliphatic hydroxyl groups is 1. The van der Waals surface area contributed by atoms with Crippen LogP contribution in [0.1, 0.15) is 64.0 Å². The molecular formula is C21H27NO4. The molecule has 26 heavy (non-hydrogen) atoms. The quantitative estimate of drug-likeness (QED) is 0.832. The SMILES string of the molecule is CCOc1cccc(C2C(C(=O)CC)=C(O)C(=O)N2C2CCCCC2)c1. The molecule has 1 unspecified atom stereocenters. The number of hydrogen-bond donors (Lipinski definition) is 1. The van der Waals surface area contributed by atoms with E-state index in [1.807, 2.05) is 31.2 Å². The largest absolute Gasteiger partial charge is 0.503 e. The van der Waals surface area contributed by atoms with Gasteiger partial charge in [-0.15, -0.1) is 0 Å². The molecule has 140 valence electrons. The second-order valence-corrected chi connectivity index (χ2v) is 6.95. The molecule has 0 bridgehead atoms. The zero-order chi connectivity index (χ0) is 18.7. The molecule has 0 saturated heterocycles. The molecule has 0 spiro atoms. The van der Waals surface area contributed by atoms with E-state index in [2.05, 4.69) is 0 Å². The highest BCUT2D eigenvalue weighted by atomic mass is 16.5. The molecule has 1 aliphatic carbocycles. The van der Waals surface area contributed by atoms with Crippen LogP contribution in [0.4, 0.5) is 0 Å². The number of carbonyl (C=O) groups excluding carboxylic acids is 2. The predicted octanol–water partition coefficient (Wildman–Crippen LogP) is 4.09. The van der Waals surface area contributed by atoms with Crippen LogP contribution < -0.4 is 4.74 Å². The summed E-state index contributed by atoms with van der Waals surface area (Å²) in [5.41, 5.74) is 1.05. The van der Waals surface area contributed by atoms with Gasteiger partial charge in [-0.2, -0.15) is 0 Å². The molecule has 0 aromatic heterocycles. The minimum atomic E-state index is -0.529. The summed E-state index contributed by atoms with van der Waals surface area (Å²) in [5, 5.41) is 10.5. The minimum Gasteiger partial charge on any atom is -0.503 e. The number of nitrogens with zero attached hydrogens (tertiary/aromatic N) is 1. The van der Waals surface area contributed by atoms with Crippen LogP contribution in [0.2, 0.25) is 0 Å². The Bertz CT molecular complexity index is 718. The standard InChI is InChI=1S/C21H27NO4/c1-3-17(23)18-19(14-9-8-12-16(13-14)26-4-2)22(21(25)20(18)24)15-10-6-5-7-11-15/h8-9,12-13,15,19,24H,3-7,10-11H2,1-2H3. The molecule has 3 rings (SSSR count). The van der Waals surface area contributed by atoms with Crippen LogP contribution in [-0.2, 0) is 9.59 Å². The van der Waals surface area contributed by atoms with E-state index in [-0.39, 0.29) is 29.6 Å². The van der Waals surface area contributed by atoms with E-state index in [4.69, 9.17) is 4.74 Å². The molecule has 5 heteroatoms. The van der Waals surface area contributed by atoms with Crippen LogP contribution in [0.3, 0.4) is 0 Å². The van der Waals surface area contributed by atoms with Crippen molar-refractivity contribution in [1.29, 1.82) is 0 Å². The summed E-state index contributed by atoms with van der Waals surface area (Å²) in [7, 11) is 0. The first-order chi connectivity index (χ1) is 12.6. The maximum atomic E-state index is 12.9. The second-order valence-electron chi connectivity index (χ2n) is 6.95. The van der Waals surface area contributed by atoms with Gasteiger partial charge in [-0.1, -0.05) is 38.3 Å². The third kappa shape index (κ3) is 3.35. The molecule has 1 aromatic rings. The van der Waals surface area contributed by atoms with E-state index in [1.165, 1.54) is 6.42 Å².